The summed E-state index contributed by atoms with van der Waals surface area (Å²) < 4.78 is 0. The molecule has 0 spiro atoms. The van der Waals surface area contributed by atoms with Gasteiger partial charge in [0.25, 0.3) is 0 Å². The van der Waals surface area contributed by atoms with Crippen LogP contribution in [0.5, 0.6) is 0 Å². The molecule has 0 aliphatic heterocycles. The minimum absolute atomic E-state index is 0.116. The molecule has 6 heteroatoms. The molecule has 0 aliphatic carbocycles. The number of hydrogen-bond acceptors (Lipinski definition) is 5. The van der Waals surface area contributed by atoms with Crippen molar-refractivity contribution in [2.45, 2.75) is 26.3 Å². The van der Waals surface area contributed by atoms with Gasteiger partial charge >= 0.3 is 5.97 Å². The fraction of sp³-hybridized carbons (Fsp3) is 0.308. The molecule has 0 fully saturated rings. The van der Waals surface area contributed by atoms with E-state index in [9.17, 15) is 4.79 Å². The summed E-state index contributed by atoms with van der Waals surface area (Å²) in [7, 11) is 0. The Kier molecular flexibility index (Phi) is 4.46. The summed E-state index contributed by atoms with van der Waals surface area (Å²) in [5, 5.41) is 14.5. The van der Waals surface area contributed by atoms with Crippen molar-refractivity contribution in [3.63, 3.8) is 0 Å². The van der Waals surface area contributed by atoms with Crippen LogP contribution in [-0.2, 0) is 17.8 Å². The van der Waals surface area contributed by atoms with Crippen molar-refractivity contribution >= 4 is 22.4 Å². The van der Waals surface area contributed by atoms with Gasteiger partial charge in [0.1, 0.15) is 0 Å². The van der Waals surface area contributed by atoms with Crippen LogP contribution < -0.4 is 5.32 Å². The summed E-state index contributed by atoms with van der Waals surface area (Å²) in [4.78, 5) is 19.0. The molecule has 2 aromatic rings. The number of aromatic nitrogens is 2. The number of pyridine rings is 1. The zero-order valence-corrected chi connectivity index (χ0v) is 11.4. The van der Waals surface area contributed by atoms with Crippen LogP contribution in [0, 0.1) is 6.92 Å². The third kappa shape index (κ3) is 4.33. The second-order valence-electron chi connectivity index (χ2n) is 4.20. The third-order valence-electron chi connectivity index (χ3n) is 2.56. The van der Waals surface area contributed by atoms with Gasteiger partial charge in [0.15, 0.2) is 5.13 Å². The zero-order chi connectivity index (χ0) is 13.7. The van der Waals surface area contributed by atoms with Crippen LogP contribution in [0.4, 0.5) is 5.13 Å². The van der Waals surface area contributed by atoms with Crippen LogP contribution in [0.1, 0.15) is 23.4 Å². The molecule has 0 bridgehead atoms. The van der Waals surface area contributed by atoms with E-state index in [1.165, 1.54) is 11.3 Å². The minimum atomic E-state index is -0.798. The lowest BCUT2D eigenvalue weighted by Crippen LogP contribution is -2.01. The van der Waals surface area contributed by atoms with Gasteiger partial charge in [-0.05, 0) is 18.6 Å². The fourth-order valence-corrected chi connectivity index (χ4v) is 2.26. The molecule has 2 heterocycles. The third-order valence-corrected chi connectivity index (χ3v) is 3.41. The minimum Gasteiger partial charge on any atom is -0.481 e. The van der Waals surface area contributed by atoms with Gasteiger partial charge in [-0.15, -0.1) is 11.3 Å². The van der Waals surface area contributed by atoms with Crippen molar-refractivity contribution in [3.8, 4) is 0 Å². The Bertz CT molecular complexity index is 551. The zero-order valence-electron chi connectivity index (χ0n) is 10.6. The predicted octanol–water partition coefficient (Wildman–Crippen LogP) is 2.48. The number of aryl methyl sites for hydroxylation is 2. The van der Waals surface area contributed by atoms with E-state index >= 15 is 0 Å². The topological polar surface area (TPSA) is 75.1 Å². The lowest BCUT2D eigenvalue weighted by atomic mass is 10.2. The van der Waals surface area contributed by atoms with E-state index < -0.39 is 5.97 Å². The molecule has 19 heavy (non-hydrogen) atoms. The molecule has 100 valence electrons. The van der Waals surface area contributed by atoms with Crippen molar-refractivity contribution in [1.29, 1.82) is 0 Å². The van der Waals surface area contributed by atoms with Crippen LogP contribution in [0.25, 0.3) is 0 Å². The number of carboxylic acid groups (broad SMARTS) is 1. The number of carboxylic acids is 1. The first kappa shape index (κ1) is 13.5. The van der Waals surface area contributed by atoms with E-state index in [0.29, 0.717) is 13.0 Å². The number of anilines is 1. The highest BCUT2D eigenvalue weighted by molar-refractivity contribution is 7.13. The number of hydrogen-bond donors (Lipinski definition) is 2. The van der Waals surface area contributed by atoms with Crippen LogP contribution >= 0.6 is 11.3 Å². The van der Waals surface area contributed by atoms with Gasteiger partial charge in [-0.3, -0.25) is 9.78 Å². The summed E-state index contributed by atoms with van der Waals surface area (Å²) >= 11 is 1.49. The van der Waals surface area contributed by atoms with Crippen molar-refractivity contribution in [2.75, 3.05) is 5.32 Å². The highest BCUT2D eigenvalue weighted by atomic mass is 32.1. The average molecular weight is 277 g/mol. The quantitative estimate of drug-likeness (QED) is 0.848. The first-order chi connectivity index (χ1) is 9.13. The largest absolute Gasteiger partial charge is 0.481 e. The van der Waals surface area contributed by atoms with Crippen molar-refractivity contribution in [2.24, 2.45) is 0 Å². The van der Waals surface area contributed by atoms with Crippen molar-refractivity contribution in [1.82, 2.24) is 9.97 Å². The van der Waals surface area contributed by atoms with Gasteiger partial charge in [0.05, 0.1) is 12.1 Å². The van der Waals surface area contributed by atoms with E-state index in [1.54, 1.807) is 0 Å². The molecular formula is C13H15N3O2S. The van der Waals surface area contributed by atoms with Crippen molar-refractivity contribution in [3.05, 3.63) is 40.7 Å². The Morgan fingerprint density at radius 1 is 1.47 bits per heavy atom. The van der Waals surface area contributed by atoms with E-state index in [4.69, 9.17) is 5.11 Å². The highest BCUT2D eigenvalue weighted by Gasteiger charge is 2.04. The molecule has 0 aromatic carbocycles. The van der Waals surface area contributed by atoms with Crippen LogP contribution in [-0.4, -0.2) is 21.0 Å². The maximum Gasteiger partial charge on any atom is 0.303 e. The van der Waals surface area contributed by atoms with Crippen LogP contribution in [0.15, 0.2) is 23.7 Å². The number of thiazole rings is 1. The first-order valence-electron chi connectivity index (χ1n) is 5.95. The molecule has 5 nitrogen and oxygen atoms in total. The number of rotatable bonds is 6. The normalized spacial score (nSPS) is 10.4. The lowest BCUT2D eigenvalue weighted by Gasteiger charge is -2.02. The number of nitrogens with one attached hydrogen (secondary N) is 1. The summed E-state index contributed by atoms with van der Waals surface area (Å²) in [6.07, 6.45) is 2.42. The molecule has 2 N–H and O–H groups in total. The molecular weight excluding hydrogens is 262 g/mol. The Balaban J connectivity index is 1.86. The monoisotopic (exact) mass is 277 g/mol. The van der Waals surface area contributed by atoms with Gasteiger partial charge in [-0.1, -0.05) is 6.07 Å². The second-order valence-corrected chi connectivity index (χ2v) is 5.06. The molecule has 2 rings (SSSR count). The fourth-order valence-electron chi connectivity index (χ4n) is 1.52. The molecule has 0 saturated carbocycles. The van der Waals surface area contributed by atoms with Crippen molar-refractivity contribution < 1.29 is 9.90 Å². The van der Waals surface area contributed by atoms with Gasteiger partial charge in [0, 0.05) is 30.2 Å². The smallest absolute Gasteiger partial charge is 0.303 e. The van der Waals surface area contributed by atoms with Crippen LogP contribution in [0.3, 0.4) is 0 Å². The summed E-state index contributed by atoms with van der Waals surface area (Å²) in [6.45, 7) is 2.62. The molecule has 2 aromatic heterocycles. The number of nitrogens with zero attached hydrogens (tertiary/aromatic N) is 2. The molecule has 0 unspecified atom stereocenters. The second kappa shape index (κ2) is 6.29. The van der Waals surface area contributed by atoms with Gasteiger partial charge in [-0.2, -0.15) is 0 Å². The van der Waals surface area contributed by atoms with E-state index in [1.807, 2.05) is 30.6 Å². The molecule has 0 atom stereocenters. The van der Waals surface area contributed by atoms with E-state index in [0.717, 1.165) is 22.1 Å². The summed E-state index contributed by atoms with van der Waals surface area (Å²) in [5.74, 6) is -0.798. The van der Waals surface area contributed by atoms with E-state index in [2.05, 4.69) is 15.3 Å². The van der Waals surface area contributed by atoms with E-state index in [-0.39, 0.29) is 6.42 Å². The molecule has 0 radical (unpaired) electrons. The summed E-state index contributed by atoms with van der Waals surface area (Å²) in [6, 6.07) is 3.99. The number of carbonyl (C=O) groups is 1. The maximum atomic E-state index is 10.5. The van der Waals surface area contributed by atoms with Gasteiger partial charge in [-0.25, -0.2) is 4.98 Å². The predicted molar refractivity (Wildman–Crippen MR) is 74.4 cm³/mol. The molecule has 0 aliphatic rings. The lowest BCUT2D eigenvalue weighted by molar-refractivity contribution is -0.136. The first-order valence-corrected chi connectivity index (χ1v) is 6.83. The summed E-state index contributed by atoms with van der Waals surface area (Å²) in [5.41, 5.74) is 2.90. The number of aliphatic carboxylic acids is 1. The highest BCUT2D eigenvalue weighted by Crippen LogP contribution is 2.17. The average Bonchev–Trinajstić information content (AvgIpc) is 2.84. The maximum absolute atomic E-state index is 10.5. The standard InChI is InChI=1S/C13H15N3O2S/c1-9-2-3-10(6-14-9)7-15-13-16-11(8-19-13)4-5-12(17)18/h2-3,6,8H,4-5,7H2,1H3,(H,15,16)(H,17,18). The SMILES string of the molecule is Cc1ccc(CNc2nc(CCC(=O)O)cs2)cn1. The Morgan fingerprint density at radius 2 is 2.32 bits per heavy atom. The molecule has 0 amide bonds. The molecule has 0 saturated heterocycles. The van der Waals surface area contributed by atoms with Gasteiger partial charge in [0.2, 0.25) is 0 Å². The van der Waals surface area contributed by atoms with Gasteiger partial charge < -0.3 is 10.4 Å². The Hall–Kier alpha value is -1.95. The van der Waals surface area contributed by atoms with Crippen LogP contribution in [0.2, 0.25) is 0 Å². The Morgan fingerprint density at radius 3 is 3.00 bits per heavy atom. The Labute approximate surface area is 115 Å².